The molecule has 0 radical (unpaired) electrons. The Labute approximate surface area is 152 Å². The van der Waals surface area contributed by atoms with E-state index in [1.165, 1.54) is 4.57 Å². The average Bonchev–Trinajstić information content (AvgIpc) is 3.16. The molecule has 0 saturated carbocycles. The van der Waals surface area contributed by atoms with Crippen molar-refractivity contribution in [2.75, 3.05) is 19.6 Å². The summed E-state index contributed by atoms with van der Waals surface area (Å²) in [5, 5.41) is 2.86. The van der Waals surface area contributed by atoms with Gasteiger partial charge in [0.15, 0.2) is 0 Å². The molecule has 1 aromatic heterocycles. The molecule has 1 aliphatic heterocycles. The van der Waals surface area contributed by atoms with Crippen LogP contribution in [0.15, 0.2) is 29.1 Å². The predicted octanol–water partition coefficient (Wildman–Crippen LogP) is 1.34. The van der Waals surface area contributed by atoms with Crippen LogP contribution in [0.4, 0.5) is 0 Å². The highest BCUT2D eigenvalue weighted by atomic mass is 16.2. The van der Waals surface area contributed by atoms with Crippen LogP contribution in [-0.4, -0.2) is 45.5 Å². The first-order valence-corrected chi connectivity index (χ1v) is 9.34. The number of rotatable bonds is 8. The molecule has 2 heterocycles. The van der Waals surface area contributed by atoms with Crippen molar-refractivity contribution in [3.05, 3.63) is 34.7 Å². The third-order valence-corrected chi connectivity index (χ3v) is 4.77. The van der Waals surface area contributed by atoms with Crippen molar-refractivity contribution in [1.82, 2.24) is 19.4 Å². The van der Waals surface area contributed by atoms with Crippen LogP contribution < -0.4 is 11.0 Å². The number of benzene rings is 1. The summed E-state index contributed by atoms with van der Waals surface area (Å²) in [6.07, 6.45) is 3.15. The number of aryl methyl sites for hydroxylation is 1. The number of hydrogen-bond donors (Lipinski definition) is 1. The minimum atomic E-state index is -0.181. The Kier molecular flexibility index (Phi) is 5.75. The van der Waals surface area contributed by atoms with E-state index in [4.69, 9.17) is 0 Å². The predicted molar refractivity (Wildman–Crippen MR) is 99.9 cm³/mol. The van der Waals surface area contributed by atoms with Gasteiger partial charge in [-0.1, -0.05) is 19.1 Å². The second-order valence-electron chi connectivity index (χ2n) is 6.70. The number of nitrogens with zero attached hydrogens (tertiary/aromatic N) is 3. The van der Waals surface area contributed by atoms with E-state index in [0.717, 1.165) is 36.8 Å². The number of aromatic nitrogens is 2. The highest BCUT2D eigenvalue weighted by molar-refractivity contribution is 5.81. The molecule has 1 saturated heterocycles. The number of hydrogen-bond acceptors (Lipinski definition) is 3. The second kappa shape index (κ2) is 8.21. The second-order valence-corrected chi connectivity index (χ2v) is 6.70. The lowest BCUT2D eigenvalue weighted by Crippen LogP contribution is -2.35. The minimum absolute atomic E-state index is 0.0126. The monoisotopic (exact) mass is 358 g/mol. The molecule has 7 nitrogen and oxygen atoms in total. The summed E-state index contributed by atoms with van der Waals surface area (Å²) in [7, 11) is 0. The summed E-state index contributed by atoms with van der Waals surface area (Å²) >= 11 is 0. The fourth-order valence-corrected chi connectivity index (χ4v) is 3.50. The maximum Gasteiger partial charge on any atom is 0.329 e. The Hall–Kier alpha value is -2.57. The number of amides is 2. The Morgan fingerprint density at radius 3 is 2.50 bits per heavy atom. The van der Waals surface area contributed by atoms with Gasteiger partial charge in [-0.2, -0.15) is 0 Å². The number of carbonyl (C=O) groups excluding carboxylic acids is 2. The van der Waals surface area contributed by atoms with Gasteiger partial charge in [-0.15, -0.1) is 0 Å². The zero-order valence-electron chi connectivity index (χ0n) is 15.2. The zero-order chi connectivity index (χ0) is 18.5. The minimum Gasteiger partial charge on any atom is -0.354 e. The normalized spacial score (nSPS) is 14.3. The molecule has 0 spiro atoms. The zero-order valence-corrected chi connectivity index (χ0v) is 15.2. The van der Waals surface area contributed by atoms with Crippen LogP contribution in [0.25, 0.3) is 11.0 Å². The van der Waals surface area contributed by atoms with Gasteiger partial charge in [0.25, 0.3) is 0 Å². The molecule has 3 rings (SSSR count). The molecule has 1 aromatic carbocycles. The van der Waals surface area contributed by atoms with Crippen molar-refractivity contribution in [3.63, 3.8) is 0 Å². The first-order valence-electron chi connectivity index (χ1n) is 9.34. The molecule has 7 heteroatoms. The van der Waals surface area contributed by atoms with Crippen LogP contribution >= 0.6 is 0 Å². The Morgan fingerprint density at radius 1 is 1.12 bits per heavy atom. The summed E-state index contributed by atoms with van der Waals surface area (Å²) in [5.41, 5.74) is 1.49. The summed E-state index contributed by atoms with van der Waals surface area (Å²) in [6, 6.07) is 7.56. The van der Waals surface area contributed by atoms with E-state index in [0.29, 0.717) is 26.1 Å². The molecule has 0 atom stereocenters. The van der Waals surface area contributed by atoms with Gasteiger partial charge in [0.05, 0.1) is 11.0 Å². The van der Waals surface area contributed by atoms with Gasteiger partial charge in [-0.25, -0.2) is 4.79 Å². The number of likely N-dealkylation sites (tertiary alicyclic amines) is 1. The van der Waals surface area contributed by atoms with E-state index in [1.54, 1.807) is 4.57 Å². The van der Waals surface area contributed by atoms with E-state index >= 15 is 0 Å². The van der Waals surface area contributed by atoms with Crippen LogP contribution in [-0.2, 0) is 22.7 Å². The molecule has 1 N–H and O–H groups in total. The molecule has 26 heavy (non-hydrogen) atoms. The van der Waals surface area contributed by atoms with E-state index in [1.807, 2.05) is 36.1 Å². The molecule has 0 unspecified atom stereocenters. The first kappa shape index (κ1) is 18.2. The van der Waals surface area contributed by atoms with E-state index < -0.39 is 0 Å². The van der Waals surface area contributed by atoms with Crippen molar-refractivity contribution in [1.29, 1.82) is 0 Å². The van der Waals surface area contributed by atoms with Crippen LogP contribution in [0, 0.1) is 0 Å². The number of para-hydroxylation sites is 2. The molecular formula is C19H26N4O3. The van der Waals surface area contributed by atoms with Crippen molar-refractivity contribution in [2.24, 2.45) is 0 Å². The van der Waals surface area contributed by atoms with Gasteiger partial charge >= 0.3 is 5.69 Å². The van der Waals surface area contributed by atoms with Gasteiger partial charge < -0.3 is 10.2 Å². The van der Waals surface area contributed by atoms with Crippen molar-refractivity contribution in [3.8, 4) is 0 Å². The molecular weight excluding hydrogens is 332 g/mol. The lowest BCUT2D eigenvalue weighted by molar-refractivity contribution is -0.127. The lowest BCUT2D eigenvalue weighted by atomic mass is 10.3. The summed E-state index contributed by atoms with van der Waals surface area (Å²) in [6.45, 7) is 4.67. The van der Waals surface area contributed by atoms with E-state index in [-0.39, 0.29) is 24.0 Å². The van der Waals surface area contributed by atoms with Crippen molar-refractivity contribution >= 4 is 22.8 Å². The number of carbonyl (C=O) groups is 2. The summed E-state index contributed by atoms with van der Waals surface area (Å²) in [4.78, 5) is 38.3. The fourth-order valence-electron chi connectivity index (χ4n) is 3.50. The number of fused-ring (bicyclic) bond motifs is 1. The maximum atomic E-state index is 12.7. The van der Waals surface area contributed by atoms with Gasteiger partial charge in [-0.3, -0.25) is 18.7 Å². The van der Waals surface area contributed by atoms with Crippen molar-refractivity contribution < 1.29 is 9.59 Å². The molecule has 0 aliphatic carbocycles. The van der Waals surface area contributed by atoms with Gasteiger partial charge in [0, 0.05) is 32.6 Å². The lowest BCUT2D eigenvalue weighted by Gasteiger charge is -2.15. The summed E-state index contributed by atoms with van der Waals surface area (Å²) < 4.78 is 3.26. The summed E-state index contributed by atoms with van der Waals surface area (Å²) in [5.74, 6) is 0.0193. The Balaban J connectivity index is 1.60. The molecule has 140 valence electrons. The standard InChI is InChI=1S/C19H26N4O3/c1-2-11-22-15-7-3-4-8-16(15)23(19(22)26)14-17(24)20-10-6-13-21-12-5-9-18(21)25/h3-4,7-8H,2,5-6,9-14H2,1H3,(H,20,24). The highest BCUT2D eigenvalue weighted by Crippen LogP contribution is 2.13. The Bertz CT molecular complexity index is 852. The average molecular weight is 358 g/mol. The van der Waals surface area contributed by atoms with Gasteiger partial charge in [-0.05, 0) is 31.4 Å². The van der Waals surface area contributed by atoms with Crippen LogP contribution in [0.5, 0.6) is 0 Å². The number of nitrogens with one attached hydrogen (secondary N) is 1. The number of imidazole rings is 1. The van der Waals surface area contributed by atoms with Crippen LogP contribution in [0.3, 0.4) is 0 Å². The van der Waals surface area contributed by atoms with Crippen LogP contribution in [0.2, 0.25) is 0 Å². The first-order chi connectivity index (χ1) is 12.6. The SMILES string of the molecule is CCCn1c(=O)n(CC(=O)NCCCN2CCCC2=O)c2ccccc21. The smallest absolute Gasteiger partial charge is 0.329 e. The van der Waals surface area contributed by atoms with E-state index in [2.05, 4.69) is 5.32 Å². The maximum absolute atomic E-state index is 12.7. The topological polar surface area (TPSA) is 76.3 Å². The van der Waals surface area contributed by atoms with Gasteiger partial charge in [0.1, 0.15) is 6.54 Å². The quantitative estimate of drug-likeness (QED) is 0.724. The largest absolute Gasteiger partial charge is 0.354 e. The highest BCUT2D eigenvalue weighted by Gasteiger charge is 2.19. The third-order valence-electron chi connectivity index (χ3n) is 4.77. The third kappa shape index (κ3) is 3.81. The molecule has 0 bridgehead atoms. The molecule has 1 fully saturated rings. The molecule has 2 amide bonds. The fraction of sp³-hybridized carbons (Fsp3) is 0.526. The van der Waals surface area contributed by atoms with Gasteiger partial charge in [0.2, 0.25) is 11.8 Å². The molecule has 2 aromatic rings. The van der Waals surface area contributed by atoms with Crippen molar-refractivity contribution in [2.45, 2.75) is 45.7 Å². The Morgan fingerprint density at radius 2 is 1.85 bits per heavy atom. The van der Waals surface area contributed by atoms with E-state index in [9.17, 15) is 14.4 Å². The molecule has 1 aliphatic rings. The van der Waals surface area contributed by atoms with Crippen LogP contribution in [0.1, 0.15) is 32.6 Å².